The first-order valence-corrected chi connectivity index (χ1v) is 5.31. The Hall–Kier alpha value is -1.67. The second-order valence-corrected chi connectivity index (χ2v) is 4.64. The van der Waals surface area contributed by atoms with Gasteiger partial charge in [0.2, 0.25) is 0 Å². The highest BCUT2D eigenvalue weighted by atomic mass is 32.2. The molecule has 1 unspecified atom stereocenters. The fraction of sp³-hybridized carbons (Fsp3) is 0.200. The molecule has 2 N–H and O–H groups in total. The summed E-state index contributed by atoms with van der Waals surface area (Å²) in [7, 11) is 0. The molecule has 1 aliphatic rings. The SMILES string of the molecule is CC1Sc2ccc(N)cc2N(C#N)C1=O. The minimum Gasteiger partial charge on any atom is -0.399 e. The quantitative estimate of drug-likeness (QED) is 0.531. The molecule has 0 saturated heterocycles. The van der Waals surface area contributed by atoms with E-state index in [0.717, 1.165) is 9.80 Å². The fourth-order valence-electron chi connectivity index (χ4n) is 1.45. The smallest absolute Gasteiger partial charge is 0.253 e. The molecule has 1 aliphatic heterocycles. The van der Waals surface area contributed by atoms with Crippen LogP contribution in [0.2, 0.25) is 0 Å². The molecule has 1 aromatic carbocycles. The predicted octanol–water partition coefficient (Wildman–Crippen LogP) is 1.58. The average Bonchev–Trinajstić information content (AvgIpc) is 2.21. The van der Waals surface area contributed by atoms with Crippen LogP contribution in [-0.2, 0) is 4.79 Å². The van der Waals surface area contributed by atoms with Gasteiger partial charge in [0, 0.05) is 10.6 Å². The van der Waals surface area contributed by atoms with Gasteiger partial charge in [-0.25, -0.2) is 4.90 Å². The Bertz CT molecular complexity index is 466. The maximum atomic E-state index is 11.7. The van der Waals surface area contributed by atoms with Gasteiger partial charge in [-0.3, -0.25) is 4.79 Å². The number of rotatable bonds is 0. The second-order valence-electron chi connectivity index (χ2n) is 3.26. The number of nitrogen functional groups attached to an aromatic ring is 1. The van der Waals surface area contributed by atoms with E-state index >= 15 is 0 Å². The molecule has 1 heterocycles. The van der Waals surface area contributed by atoms with E-state index in [9.17, 15) is 4.79 Å². The standard InChI is InChI=1S/C10H9N3OS/c1-6-10(14)13(5-11)8-4-7(12)2-3-9(8)15-6/h2-4,6H,12H2,1H3. The number of benzene rings is 1. The van der Waals surface area contributed by atoms with E-state index in [1.807, 2.05) is 12.3 Å². The van der Waals surface area contributed by atoms with Crippen molar-refractivity contribution in [2.75, 3.05) is 10.6 Å². The Labute approximate surface area is 91.7 Å². The highest BCUT2D eigenvalue weighted by Gasteiger charge is 2.30. The van der Waals surface area contributed by atoms with Crippen molar-refractivity contribution in [2.24, 2.45) is 0 Å². The number of nitrogens with zero attached hydrogens (tertiary/aromatic N) is 2. The summed E-state index contributed by atoms with van der Waals surface area (Å²) in [6.45, 7) is 1.79. The summed E-state index contributed by atoms with van der Waals surface area (Å²) >= 11 is 1.45. The molecule has 0 aromatic heterocycles. The first kappa shape index (κ1) is 9.87. The molecule has 0 bridgehead atoms. The summed E-state index contributed by atoms with van der Waals surface area (Å²) < 4.78 is 0. The number of nitrogens with two attached hydrogens (primary N) is 1. The molecule has 5 heteroatoms. The van der Waals surface area contributed by atoms with Crippen molar-refractivity contribution in [1.82, 2.24) is 0 Å². The van der Waals surface area contributed by atoms with Gasteiger partial charge in [0.1, 0.15) is 0 Å². The van der Waals surface area contributed by atoms with E-state index in [0.29, 0.717) is 11.4 Å². The lowest BCUT2D eigenvalue weighted by atomic mass is 10.2. The van der Waals surface area contributed by atoms with Crippen molar-refractivity contribution in [3.8, 4) is 6.19 Å². The molecule has 1 atom stereocenters. The number of fused-ring (bicyclic) bond motifs is 1. The number of hydrogen-bond acceptors (Lipinski definition) is 4. The van der Waals surface area contributed by atoms with Crippen LogP contribution in [0.4, 0.5) is 11.4 Å². The van der Waals surface area contributed by atoms with Crippen molar-refractivity contribution in [2.45, 2.75) is 17.1 Å². The first-order chi connectivity index (χ1) is 7.13. The zero-order valence-electron chi connectivity index (χ0n) is 8.10. The lowest BCUT2D eigenvalue weighted by Crippen LogP contribution is -2.36. The van der Waals surface area contributed by atoms with Crippen molar-refractivity contribution in [1.29, 1.82) is 5.26 Å². The van der Waals surface area contributed by atoms with Gasteiger partial charge in [-0.1, -0.05) is 0 Å². The third kappa shape index (κ3) is 1.53. The molecule has 2 rings (SSSR count). The number of carbonyl (C=O) groups is 1. The summed E-state index contributed by atoms with van der Waals surface area (Å²) in [5.74, 6) is -0.194. The van der Waals surface area contributed by atoms with Gasteiger partial charge in [-0.05, 0) is 25.1 Å². The fourth-order valence-corrected chi connectivity index (χ4v) is 2.46. The minimum atomic E-state index is -0.222. The topological polar surface area (TPSA) is 70.1 Å². The van der Waals surface area contributed by atoms with Crippen LogP contribution >= 0.6 is 11.8 Å². The normalized spacial score (nSPS) is 19.6. The molecule has 1 aromatic rings. The molecule has 0 spiro atoms. The zero-order chi connectivity index (χ0) is 11.0. The van der Waals surface area contributed by atoms with Crippen molar-refractivity contribution < 1.29 is 4.79 Å². The lowest BCUT2D eigenvalue weighted by molar-refractivity contribution is -0.117. The monoisotopic (exact) mass is 219 g/mol. The number of anilines is 2. The highest BCUT2D eigenvalue weighted by molar-refractivity contribution is 8.01. The molecule has 76 valence electrons. The van der Waals surface area contributed by atoms with Crippen LogP contribution in [0.1, 0.15) is 6.92 Å². The lowest BCUT2D eigenvalue weighted by Gasteiger charge is -2.26. The third-order valence-corrected chi connectivity index (χ3v) is 3.35. The molecule has 1 amide bonds. The largest absolute Gasteiger partial charge is 0.399 e. The molecule has 0 fully saturated rings. The van der Waals surface area contributed by atoms with E-state index in [2.05, 4.69) is 0 Å². The van der Waals surface area contributed by atoms with Crippen molar-refractivity contribution in [3.05, 3.63) is 18.2 Å². The van der Waals surface area contributed by atoms with Crippen LogP contribution < -0.4 is 10.6 Å². The van der Waals surface area contributed by atoms with E-state index in [4.69, 9.17) is 11.0 Å². The van der Waals surface area contributed by atoms with E-state index in [-0.39, 0.29) is 11.2 Å². The molecule has 15 heavy (non-hydrogen) atoms. The third-order valence-electron chi connectivity index (χ3n) is 2.20. The molecule has 0 aliphatic carbocycles. The van der Waals surface area contributed by atoms with Crippen LogP contribution in [0.5, 0.6) is 0 Å². The van der Waals surface area contributed by atoms with Gasteiger partial charge in [0.05, 0.1) is 10.9 Å². The van der Waals surface area contributed by atoms with E-state index in [1.165, 1.54) is 11.8 Å². The van der Waals surface area contributed by atoms with Gasteiger partial charge in [0.15, 0.2) is 6.19 Å². The number of thioether (sulfide) groups is 1. The van der Waals surface area contributed by atoms with Crippen LogP contribution in [0.25, 0.3) is 0 Å². The Morgan fingerprint density at radius 2 is 2.33 bits per heavy atom. The number of hydrogen-bond donors (Lipinski definition) is 1. The molecular formula is C10H9N3OS. The van der Waals surface area contributed by atoms with Crippen molar-refractivity contribution >= 4 is 29.0 Å². The van der Waals surface area contributed by atoms with Gasteiger partial charge >= 0.3 is 0 Å². The summed E-state index contributed by atoms with van der Waals surface area (Å²) in [6.07, 6.45) is 1.88. The summed E-state index contributed by atoms with van der Waals surface area (Å²) in [5, 5.41) is 8.70. The van der Waals surface area contributed by atoms with Crippen LogP contribution in [0.15, 0.2) is 23.1 Å². The number of nitriles is 1. The van der Waals surface area contributed by atoms with Gasteiger partial charge in [-0.2, -0.15) is 5.26 Å². The average molecular weight is 219 g/mol. The zero-order valence-corrected chi connectivity index (χ0v) is 8.91. The first-order valence-electron chi connectivity index (χ1n) is 4.43. The summed E-state index contributed by atoms with van der Waals surface area (Å²) in [5.41, 5.74) is 6.76. The number of carbonyl (C=O) groups excluding carboxylic acids is 1. The van der Waals surface area contributed by atoms with Crippen LogP contribution in [0.3, 0.4) is 0 Å². The summed E-state index contributed by atoms with van der Waals surface area (Å²) in [4.78, 5) is 13.7. The minimum absolute atomic E-state index is 0.194. The maximum Gasteiger partial charge on any atom is 0.253 e. The van der Waals surface area contributed by atoms with E-state index < -0.39 is 0 Å². The Morgan fingerprint density at radius 1 is 1.60 bits per heavy atom. The second kappa shape index (κ2) is 3.48. The molecule has 0 saturated carbocycles. The molecule has 0 radical (unpaired) electrons. The van der Waals surface area contributed by atoms with Crippen LogP contribution in [-0.4, -0.2) is 11.2 Å². The Kier molecular flexibility index (Phi) is 2.29. The predicted molar refractivity (Wildman–Crippen MR) is 59.3 cm³/mol. The van der Waals surface area contributed by atoms with Gasteiger partial charge < -0.3 is 5.73 Å². The Morgan fingerprint density at radius 3 is 3.00 bits per heavy atom. The molecular weight excluding hydrogens is 210 g/mol. The Balaban J connectivity index is 2.57. The van der Waals surface area contributed by atoms with Gasteiger partial charge in [0.25, 0.3) is 5.91 Å². The summed E-state index contributed by atoms with van der Waals surface area (Å²) in [6, 6.07) is 5.25. The van der Waals surface area contributed by atoms with Crippen LogP contribution in [0, 0.1) is 11.5 Å². The van der Waals surface area contributed by atoms with Gasteiger partial charge in [-0.15, -0.1) is 11.8 Å². The maximum absolute atomic E-state index is 11.7. The highest BCUT2D eigenvalue weighted by Crippen LogP contribution is 2.39. The molecule has 4 nitrogen and oxygen atoms in total. The number of amides is 1. The van der Waals surface area contributed by atoms with E-state index in [1.54, 1.807) is 19.1 Å². The van der Waals surface area contributed by atoms with Crippen molar-refractivity contribution in [3.63, 3.8) is 0 Å².